The Kier molecular flexibility index (Phi) is 4.53. The monoisotopic (exact) mass is 310 g/mol. The Bertz CT molecular complexity index is 421. The minimum absolute atomic E-state index is 0.0205. The molecule has 0 heterocycles. The molecule has 1 amide bonds. The third-order valence-electron chi connectivity index (χ3n) is 1.93. The number of carbonyl (C=O) groups excluding carboxylic acids is 1. The Morgan fingerprint density at radius 3 is 2.59 bits per heavy atom. The summed E-state index contributed by atoms with van der Waals surface area (Å²) in [6.07, 6.45) is -4.54. The van der Waals surface area contributed by atoms with E-state index < -0.39 is 17.6 Å². The van der Waals surface area contributed by atoms with Gasteiger partial charge in [0.05, 0.1) is 11.3 Å². The summed E-state index contributed by atoms with van der Waals surface area (Å²) in [6, 6.07) is 3.53. The van der Waals surface area contributed by atoms with E-state index in [0.29, 0.717) is 4.47 Å². The molecule has 1 aromatic rings. The van der Waals surface area contributed by atoms with E-state index in [9.17, 15) is 18.0 Å². The highest BCUT2D eigenvalue weighted by molar-refractivity contribution is 9.10. The lowest BCUT2D eigenvalue weighted by Gasteiger charge is -2.14. The minimum Gasteiger partial charge on any atom is -0.330 e. The average Bonchev–Trinajstić information content (AvgIpc) is 2.19. The second-order valence-electron chi connectivity index (χ2n) is 3.27. The molecule has 17 heavy (non-hydrogen) atoms. The highest BCUT2D eigenvalue weighted by Crippen LogP contribution is 2.36. The van der Waals surface area contributed by atoms with Crippen molar-refractivity contribution in [3.63, 3.8) is 0 Å². The number of rotatable bonds is 3. The molecule has 0 aliphatic rings. The Morgan fingerprint density at radius 2 is 2.06 bits per heavy atom. The fourth-order valence-corrected chi connectivity index (χ4v) is 1.56. The fraction of sp³-hybridized carbons (Fsp3) is 0.300. The van der Waals surface area contributed by atoms with Crippen LogP contribution < -0.4 is 11.1 Å². The Morgan fingerprint density at radius 1 is 1.41 bits per heavy atom. The van der Waals surface area contributed by atoms with Gasteiger partial charge in [-0.3, -0.25) is 4.79 Å². The Hall–Kier alpha value is -1.08. The van der Waals surface area contributed by atoms with Crippen LogP contribution >= 0.6 is 15.9 Å². The van der Waals surface area contributed by atoms with Gasteiger partial charge >= 0.3 is 6.18 Å². The van der Waals surface area contributed by atoms with Gasteiger partial charge in [-0.25, -0.2) is 0 Å². The highest BCUT2D eigenvalue weighted by atomic mass is 79.9. The number of amides is 1. The van der Waals surface area contributed by atoms with Crippen molar-refractivity contribution in [2.75, 3.05) is 11.9 Å². The molecular formula is C10H10BrF3N2O. The first-order valence-corrected chi connectivity index (χ1v) is 5.50. The van der Waals surface area contributed by atoms with E-state index in [1.807, 2.05) is 0 Å². The van der Waals surface area contributed by atoms with Crippen LogP contribution in [0.5, 0.6) is 0 Å². The van der Waals surface area contributed by atoms with Gasteiger partial charge in [-0.05, 0) is 18.2 Å². The summed E-state index contributed by atoms with van der Waals surface area (Å²) in [4.78, 5) is 11.2. The molecule has 0 unspecified atom stereocenters. The molecular weight excluding hydrogens is 301 g/mol. The maximum absolute atomic E-state index is 12.7. The summed E-state index contributed by atoms with van der Waals surface area (Å²) in [5.74, 6) is -0.541. The van der Waals surface area contributed by atoms with Gasteiger partial charge < -0.3 is 11.1 Å². The second kappa shape index (κ2) is 5.50. The molecule has 0 atom stereocenters. The van der Waals surface area contributed by atoms with E-state index in [4.69, 9.17) is 5.73 Å². The number of alkyl halides is 3. The van der Waals surface area contributed by atoms with E-state index in [2.05, 4.69) is 21.2 Å². The molecule has 0 saturated carbocycles. The van der Waals surface area contributed by atoms with Crippen LogP contribution in [0.25, 0.3) is 0 Å². The van der Waals surface area contributed by atoms with Crippen LogP contribution in [-0.4, -0.2) is 12.5 Å². The lowest BCUT2D eigenvalue weighted by Crippen LogP contribution is -2.19. The number of anilines is 1. The van der Waals surface area contributed by atoms with Crippen LogP contribution in [0.2, 0.25) is 0 Å². The van der Waals surface area contributed by atoms with Crippen molar-refractivity contribution in [3.05, 3.63) is 28.2 Å². The van der Waals surface area contributed by atoms with Crippen LogP contribution in [0, 0.1) is 0 Å². The number of nitrogens with one attached hydrogen (secondary N) is 1. The molecule has 1 rings (SSSR count). The molecule has 0 aliphatic carbocycles. The van der Waals surface area contributed by atoms with Crippen LogP contribution in [-0.2, 0) is 11.0 Å². The molecule has 3 nitrogen and oxygen atoms in total. The van der Waals surface area contributed by atoms with Gasteiger partial charge in [0.25, 0.3) is 0 Å². The molecule has 0 aliphatic heterocycles. The van der Waals surface area contributed by atoms with Gasteiger partial charge in [0.2, 0.25) is 5.91 Å². The minimum atomic E-state index is -4.52. The third-order valence-corrected chi connectivity index (χ3v) is 2.43. The molecule has 1 aromatic carbocycles. The summed E-state index contributed by atoms with van der Waals surface area (Å²) < 4.78 is 38.3. The average molecular weight is 311 g/mol. The molecule has 0 fully saturated rings. The second-order valence-corrected chi connectivity index (χ2v) is 4.19. The van der Waals surface area contributed by atoms with E-state index in [1.165, 1.54) is 12.1 Å². The standard InChI is InChI=1S/C10H10BrF3N2O/c11-6-1-2-8(16-9(17)3-4-15)7(5-6)10(12,13)14/h1-2,5H,3-4,15H2,(H,16,17). The largest absolute Gasteiger partial charge is 0.418 e. The van der Waals surface area contributed by atoms with Crippen molar-refractivity contribution in [2.45, 2.75) is 12.6 Å². The molecule has 3 N–H and O–H groups in total. The van der Waals surface area contributed by atoms with E-state index in [-0.39, 0.29) is 18.7 Å². The normalized spacial score (nSPS) is 11.4. The van der Waals surface area contributed by atoms with Crippen molar-refractivity contribution < 1.29 is 18.0 Å². The number of benzene rings is 1. The van der Waals surface area contributed by atoms with Crippen molar-refractivity contribution in [3.8, 4) is 0 Å². The molecule has 7 heteroatoms. The fourth-order valence-electron chi connectivity index (χ4n) is 1.20. The van der Waals surface area contributed by atoms with Crippen LogP contribution in [0.4, 0.5) is 18.9 Å². The third kappa shape index (κ3) is 4.01. The smallest absolute Gasteiger partial charge is 0.330 e. The van der Waals surface area contributed by atoms with Crippen molar-refractivity contribution in [1.29, 1.82) is 0 Å². The lowest BCUT2D eigenvalue weighted by molar-refractivity contribution is -0.137. The molecule has 0 aromatic heterocycles. The first kappa shape index (κ1) is 14.0. The maximum Gasteiger partial charge on any atom is 0.418 e. The number of carbonyl (C=O) groups is 1. The number of hydrogen-bond donors (Lipinski definition) is 2. The van der Waals surface area contributed by atoms with E-state index in [1.54, 1.807) is 0 Å². The zero-order chi connectivity index (χ0) is 13.1. The predicted molar refractivity (Wildman–Crippen MR) is 61.4 cm³/mol. The lowest BCUT2D eigenvalue weighted by atomic mass is 10.1. The first-order valence-electron chi connectivity index (χ1n) is 4.71. The zero-order valence-corrected chi connectivity index (χ0v) is 10.2. The van der Waals surface area contributed by atoms with Gasteiger partial charge in [0.15, 0.2) is 0 Å². The Labute approximate surface area is 104 Å². The van der Waals surface area contributed by atoms with Crippen molar-refractivity contribution in [1.82, 2.24) is 0 Å². The summed E-state index contributed by atoms with van der Waals surface area (Å²) >= 11 is 2.95. The van der Waals surface area contributed by atoms with E-state index in [0.717, 1.165) is 6.07 Å². The first-order chi connectivity index (χ1) is 7.84. The van der Waals surface area contributed by atoms with Gasteiger partial charge in [-0.1, -0.05) is 15.9 Å². The van der Waals surface area contributed by atoms with Crippen LogP contribution in [0.15, 0.2) is 22.7 Å². The topological polar surface area (TPSA) is 55.1 Å². The quantitative estimate of drug-likeness (QED) is 0.902. The molecule has 0 bridgehead atoms. The molecule has 0 saturated heterocycles. The SMILES string of the molecule is NCCC(=O)Nc1ccc(Br)cc1C(F)(F)F. The summed E-state index contributed by atoms with van der Waals surface area (Å²) in [5.41, 5.74) is 3.98. The predicted octanol–water partition coefficient (Wildman–Crippen LogP) is 2.76. The Balaban J connectivity index is 3.03. The van der Waals surface area contributed by atoms with Gasteiger partial charge in [-0.15, -0.1) is 0 Å². The summed E-state index contributed by atoms with van der Waals surface area (Å²) in [7, 11) is 0. The van der Waals surface area contributed by atoms with Gasteiger partial charge in [0.1, 0.15) is 0 Å². The van der Waals surface area contributed by atoms with Crippen LogP contribution in [0.1, 0.15) is 12.0 Å². The van der Waals surface area contributed by atoms with Crippen molar-refractivity contribution >= 4 is 27.5 Å². The highest BCUT2D eigenvalue weighted by Gasteiger charge is 2.34. The van der Waals surface area contributed by atoms with Gasteiger partial charge in [-0.2, -0.15) is 13.2 Å². The van der Waals surface area contributed by atoms with Gasteiger partial charge in [0, 0.05) is 17.4 Å². The zero-order valence-electron chi connectivity index (χ0n) is 8.64. The molecule has 94 valence electrons. The van der Waals surface area contributed by atoms with Crippen LogP contribution in [0.3, 0.4) is 0 Å². The van der Waals surface area contributed by atoms with Crippen molar-refractivity contribution in [2.24, 2.45) is 5.73 Å². The maximum atomic E-state index is 12.7. The number of halogens is 4. The summed E-state index contributed by atoms with van der Waals surface area (Å²) in [6.45, 7) is 0.0870. The molecule has 0 spiro atoms. The number of nitrogens with two attached hydrogens (primary N) is 1. The van der Waals surface area contributed by atoms with E-state index >= 15 is 0 Å². The summed E-state index contributed by atoms with van der Waals surface area (Å²) in [5, 5.41) is 2.19. The molecule has 0 radical (unpaired) electrons. The number of hydrogen-bond acceptors (Lipinski definition) is 2.